The molecule has 0 spiro atoms. The summed E-state index contributed by atoms with van der Waals surface area (Å²) in [6.45, 7) is 6.09. The van der Waals surface area contributed by atoms with E-state index >= 15 is 0 Å². The van der Waals surface area contributed by atoms with Crippen molar-refractivity contribution in [1.82, 2.24) is 4.72 Å². The summed E-state index contributed by atoms with van der Waals surface area (Å²) < 4.78 is 26.5. The predicted molar refractivity (Wildman–Crippen MR) is 87.9 cm³/mol. The zero-order valence-electron chi connectivity index (χ0n) is 12.9. The zero-order valence-corrected chi connectivity index (χ0v) is 13.7. The third-order valence-electron chi connectivity index (χ3n) is 3.45. The average molecular weight is 313 g/mol. The molecule has 5 nitrogen and oxygen atoms in total. The van der Waals surface area contributed by atoms with E-state index < -0.39 is 10.0 Å². The van der Waals surface area contributed by atoms with Crippen LogP contribution in [0.3, 0.4) is 0 Å². The van der Waals surface area contributed by atoms with Gasteiger partial charge in [-0.25, -0.2) is 13.1 Å². The highest BCUT2D eigenvalue weighted by Gasteiger charge is 2.12. The van der Waals surface area contributed by atoms with E-state index in [1.807, 2.05) is 6.92 Å². The summed E-state index contributed by atoms with van der Waals surface area (Å²) in [7, 11) is -3.38. The van der Waals surface area contributed by atoms with Crippen LogP contribution in [0.15, 0.2) is 29.2 Å². The Kier molecular flexibility index (Phi) is 7.71. The van der Waals surface area contributed by atoms with Gasteiger partial charge in [0, 0.05) is 18.8 Å². The molecule has 21 heavy (non-hydrogen) atoms. The second kappa shape index (κ2) is 9.02. The molecule has 0 aromatic heterocycles. The lowest BCUT2D eigenvalue weighted by atomic mass is 10.0. The molecule has 0 saturated heterocycles. The first-order chi connectivity index (χ1) is 10.0. The number of nitrogens with one attached hydrogen (secondary N) is 2. The van der Waals surface area contributed by atoms with Gasteiger partial charge in [-0.15, -0.1) is 0 Å². The second-order valence-corrected chi connectivity index (χ2v) is 6.92. The van der Waals surface area contributed by atoms with E-state index in [2.05, 4.69) is 17.0 Å². The standard InChI is InChI=1S/C15H27N3O2S/c1-3-11-18-21(19,20)15-7-5-14(6-8-15)17-12-13(4-2)9-10-16/h5-8,13,17-18H,3-4,9-12,16H2,1-2H3. The van der Waals surface area contributed by atoms with Gasteiger partial charge < -0.3 is 11.1 Å². The lowest BCUT2D eigenvalue weighted by molar-refractivity contribution is 0.501. The van der Waals surface area contributed by atoms with Crippen LogP contribution in [0.5, 0.6) is 0 Å². The smallest absolute Gasteiger partial charge is 0.240 e. The van der Waals surface area contributed by atoms with Gasteiger partial charge >= 0.3 is 0 Å². The SMILES string of the molecule is CCCNS(=O)(=O)c1ccc(NCC(CC)CCN)cc1. The molecule has 0 saturated carbocycles. The van der Waals surface area contributed by atoms with Gasteiger partial charge in [0.1, 0.15) is 0 Å². The number of rotatable bonds is 10. The summed E-state index contributed by atoms with van der Waals surface area (Å²) in [6.07, 6.45) is 2.85. The first-order valence-corrected chi connectivity index (χ1v) is 9.05. The lowest BCUT2D eigenvalue weighted by Crippen LogP contribution is -2.24. The third kappa shape index (κ3) is 6.03. The van der Waals surface area contributed by atoms with Gasteiger partial charge in [0.15, 0.2) is 0 Å². The van der Waals surface area contributed by atoms with Gasteiger partial charge in [-0.2, -0.15) is 0 Å². The fourth-order valence-corrected chi connectivity index (χ4v) is 3.15. The average Bonchev–Trinajstić information content (AvgIpc) is 2.50. The van der Waals surface area contributed by atoms with Crippen LogP contribution < -0.4 is 15.8 Å². The number of benzene rings is 1. The molecule has 4 N–H and O–H groups in total. The highest BCUT2D eigenvalue weighted by Crippen LogP contribution is 2.15. The van der Waals surface area contributed by atoms with Gasteiger partial charge in [0.2, 0.25) is 10.0 Å². The highest BCUT2D eigenvalue weighted by atomic mass is 32.2. The quantitative estimate of drug-likeness (QED) is 0.618. The van der Waals surface area contributed by atoms with Crippen molar-refractivity contribution in [3.8, 4) is 0 Å². The molecule has 1 rings (SSSR count). The molecule has 0 bridgehead atoms. The van der Waals surface area contributed by atoms with E-state index in [9.17, 15) is 8.42 Å². The van der Waals surface area contributed by atoms with Crippen molar-refractivity contribution in [2.45, 2.75) is 38.0 Å². The Morgan fingerprint density at radius 1 is 1.19 bits per heavy atom. The molecule has 1 aromatic carbocycles. The number of nitrogens with two attached hydrogens (primary N) is 1. The predicted octanol–water partition coefficient (Wildman–Crippen LogP) is 2.16. The summed E-state index contributed by atoms with van der Waals surface area (Å²) in [5.41, 5.74) is 6.51. The molecule has 0 aliphatic rings. The van der Waals surface area contributed by atoms with E-state index in [0.717, 1.165) is 31.5 Å². The molecule has 0 aliphatic carbocycles. The van der Waals surface area contributed by atoms with Crippen LogP contribution >= 0.6 is 0 Å². The summed E-state index contributed by atoms with van der Waals surface area (Å²) in [4.78, 5) is 0.301. The van der Waals surface area contributed by atoms with Crippen LogP contribution in [0.2, 0.25) is 0 Å². The van der Waals surface area contributed by atoms with Crippen molar-refractivity contribution in [2.75, 3.05) is 25.0 Å². The maximum atomic E-state index is 12.0. The number of hydrogen-bond donors (Lipinski definition) is 3. The van der Waals surface area contributed by atoms with Gasteiger partial charge in [0.05, 0.1) is 4.90 Å². The first-order valence-electron chi connectivity index (χ1n) is 7.57. The number of sulfonamides is 1. The lowest BCUT2D eigenvalue weighted by Gasteiger charge is -2.15. The molecular weight excluding hydrogens is 286 g/mol. The molecular formula is C15H27N3O2S. The van der Waals surface area contributed by atoms with Gasteiger partial charge in [0.25, 0.3) is 0 Å². The first kappa shape index (κ1) is 17.9. The van der Waals surface area contributed by atoms with Crippen molar-refractivity contribution >= 4 is 15.7 Å². The molecule has 0 heterocycles. The number of hydrogen-bond acceptors (Lipinski definition) is 4. The van der Waals surface area contributed by atoms with Gasteiger partial charge in [-0.3, -0.25) is 0 Å². The zero-order chi connectivity index (χ0) is 15.7. The maximum Gasteiger partial charge on any atom is 0.240 e. The van der Waals surface area contributed by atoms with Crippen molar-refractivity contribution in [3.63, 3.8) is 0 Å². The van der Waals surface area contributed by atoms with E-state index in [4.69, 9.17) is 5.73 Å². The third-order valence-corrected chi connectivity index (χ3v) is 4.93. The van der Waals surface area contributed by atoms with Crippen LogP contribution in [-0.2, 0) is 10.0 Å². The minimum Gasteiger partial charge on any atom is -0.385 e. The van der Waals surface area contributed by atoms with E-state index in [1.165, 1.54) is 0 Å². The van der Waals surface area contributed by atoms with Crippen LogP contribution in [0.25, 0.3) is 0 Å². The molecule has 1 aromatic rings. The van der Waals surface area contributed by atoms with Crippen LogP contribution in [0.1, 0.15) is 33.1 Å². The highest BCUT2D eigenvalue weighted by molar-refractivity contribution is 7.89. The Morgan fingerprint density at radius 3 is 2.38 bits per heavy atom. The Bertz CT molecular complexity index is 500. The molecule has 1 unspecified atom stereocenters. The van der Waals surface area contributed by atoms with Crippen LogP contribution in [-0.4, -0.2) is 28.1 Å². The minimum atomic E-state index is -3.38. The fourth-order valence-electron chi connectivity index (χ4n) is 2.02. The molecule has 0 fully saturated rings. The van der Waals surface area contributed by atoms with Gasteiger partial charge in [-0.05, 0) is 49.6 Å². The van der Waals surface area contributed by atoms with Crippen LogP contribution in [0, 0.1) is 5.92 Å². The Hall–Kier alpha value is -1.11. The van der Waals surface area contributed by atoms with Gasteiger partial charge in [-0.1, -0.05) is 20.3 Å². The molecule has 120 valence electrons. The topological polar surface area (TPSA) is 84.2 Å². The summed E-state index contributed by atoms with van der Waals surface area (Å²) in [5.74, 6) is 0.546. The number of anilines is 1. The molecule has 0 amide bonds. The monoisotopic (exact) mass is 313 g/mol. The summed E-state index contributed by atoms with van der Waals surface area (Å²) in [6, 6.07) is 6.86. The molecule has 6 heteroatoms. The van der Waals surface area contributed by atoms with Crippen molar-refractivity contribution < 1.29 is 8.42 Å². The second-order valence-electron chi connectivity index (χ2n) is 5.15. The Morgan fingerprint density at radius 2 is 1.86 bits per heavy atom. The molecule has 1 atom stereocenters. The largest absolute Gasteiger partial charge is 0.385 e. The van der Waals surface area contributed by atoms with E-state index in [1.54, 1.807) is 24.3 Å². The molecule has 0 aliphatic heterocycles. The normalized spacial score (nSPS) is 13.1. The summed E-state index contributed by atoms with van der Waals surface area (Å²) >= 11 is 0. The van der Waals surface area contributed by atoms with Crippen molar-refractivity contribution in [2.24, 2.45) is 11.7 Å². The minimum absolute atomic E-state index is 0.301. The van der Waals surface area contributed by atoms with E-state index in [0.29, 0.717) is 23.9 Å². The summed E-state index contributed by atoms with van der Waals surface area (Å²) in [5, 5.41) is 3.33. The fraction of sp³-hybridized carbons (Fsp3) is 0.600. The maximum absolute atomic E-state index is 12.0. The van der Waals surface area contributed by atoms with Crippen LogP contribution in [0.4, 0.5) is 5.69 Å². The van der Waals surface area contributed by atoms with E-state index in [-0.39, 0.29) is 0 Å². The Balaban J connectivity index is 2.61. The Labute approximate surface area is 128 Å². The van der Waals surface area contributed by atoms with Crippen molar-refractivity contribution in [3.05, 3.63) is 24.3 Å². The van der Waals surface area contributed by atoms with Crippen molar-refractivity contribution in [1.29, 1.82) is 0 Å². The molecule has 0 radical (unpaired) electrons.